The zero-order valence-electron chi connectivity index (χ0n) is 14.7. The van der Waals surface area contributed by atoms with Crippen LogP contribution in [0.2, 0.25) is 0 Å². The minimum Gasteiger partial charge on any atom is -0.455 e. The lowest BCUT2D eigenvalue weighted by atomic mass is 10.2. The van der Waals surface area contributed by atoms with Gasteiger partial charge in [0.15, 0.2) is 6.61 Å². The zero-order chi connectivity index (χ0) is 20.0. The predicted molar refractivity (Wildman–Crippen MR) is 107 cm³/mol. The Morgan fingerprint density at radius 2 is 1.93 bits per heavy atom. The highest BCUT2D eigenvalue weighted by atomic mass is 79.9. The van der Waals surface area contributed by atoms with E-state index in [4.69, 9.17) is 4.74 Å². The van der Waals surface area contributed by atoms with Crippen LogP contribution < -0.4 is 5.32 Å². The molecule has 0 fully saturated rings. The highest BCUT2D eigenvalue weighted by molar-refractivity contribution is 9.10. The van der Waals surface area contributed by atoms with Gasteiger partial charge in [0.25, 0.3) is 11.6 Å². The average Bonchev–Trinajstić information content (AvgIpc) is 2.61. The van der Waals surface area contributed by atoms with E-state index in [1.165, 1.54) is 30.0 Å². The molecular weight excluding hydrogens is 436 g/mol. The number of non-ortho nitro benzene ring substituents is 1. The molecule has 0 saturated heterocycles. The second-order valence-corrected chi connectivity index (χ2v) is 7.60. The minimum absolute atomic E-state index is 0.0750. The standard InChI is InChI=1S/C18H17BrN2O5S/c1-11-3-5-14(21(24)25)8-15(11)20-17(22)9-26-18(23)10-27-16-6-4-13(19)7-12(16)2/h3-8H,9-10H2,1-2H3,(H,20,22). The first kappa shape index (κ1) is 20.9. The van der Waals surface area contributed by atoms with Gasteiger partial charge in [0, 0.05) is 21.5 Å². The summed E-state index contributed by atoms with van der Waals surface area (Å²) < 4.78 is 5.92. The molecule has 1 amide bonds. The Morgan fingerprint density at radius 1 is 1.19 bits per heavy atom. The number of nitro benzene ring substituents is 1. The van der Waals surface area contributed by atoms with Gasteiger partial charge >= 0.3 is 5.97 Å². The van der Waals surface area contributed by atoms with Gasteiger partial charge in [-0.05, 0) is 43.2 Å². The summed E-state index contributed by atoms with van der Waals surface area (Å²) in [5.41, 5.74) is 1.88. The Labute approximate surface area is 168 Å². The number of thioether (sulfide) groups is 1. The van der Waals surface area contributed by atoms with Crippen molar-refractivity contribution >= 4 is 50.9 Å². The Bertz CT molecular complexity index is 888. The largest absolute Gasteiger partial charge is 0.455 e. The van der Waals surface area contributed by atoms with E-state index in [0.717, 1.165) is 14.9 Å². The van der Waals surface area contributed by atoms with E-state index in [-0.39, 0.29) is 11.4 Å². The van der Waals surface area contributed by atoms with Crippen LogP contribution in [0.3, 0.4) is 0 Å². The third-order valence-corrected chi connectivity index (χ3v) is 5.20. The first-order valence-corrected chi connectivity index (χ1v) is 9.63. The molecule has 2 rings (SSSR count). The molecule has 2 aromatic carbocycles. The van der Waals surface area contributed by atoms with E-state index in [0.29, 0.717) is 11.3 Å². The molecule has 0 radical (unpaired) electrons. The van der Waals surface area contributed by atoms with Gasteiger partial charge in [-0.1, -0.05) is 22.0 Å². The summed E-state index contributed by atoms with van der Waals surface area (Å²) in [6.45, 7) is 3.19. The predicted octanol–water partition coefficient (Wildman–Crippen LogP) is 4.25. The third kappa shape index (κ3) is 6.37. The van der Waals surface area contributed by atoms with Crippen LogP contribution in [-0.2, 0) is 14.3 Å². The fraction of sp³-hybridized carbons (Fsp3) is 0.222. The van der Waals surface area contributed by atoms with Crippen molar-refractivity contribution in [3.63, 3.8) is 0 Å². The summed E-state index contributed by atoms with van der Waals surface area (Å²) in [4.78, 5) is 35.0. The lowest BCUT2D eigenvalue weighted by molar-refractivity contribution is -0.384. The van der Waals surface area contributed by atoms with Crippen molar-refractivity contribution in [3.8, 4) is 0 Å². The van der Waals surface area contributed by atoms with E-state index >= 15 is 0 Å². The molecule has 0 bridgehead atoms. The van der Waals surface area contributed by atoms with E-state index in [9.17, 15) is 19.7 Å². The molecular formula is C18H17BrN2O5S. The summed E-state index contributed by atoms with van der Waals surface area (Å²) in [5.74, 6) is -1.00. The number of halogens is 1. The van der Waals surface area contributed by atoms with Gasteiger partial charge in [-0.3, -0.25) is 19.7 Å². The summed E-state index contributed by atoms with van der Waals surface area (Å²) >= 11 is 4.70. The molecule has 0 aliphatic heterocycles. The average molecular weight is 453 g/mol. The van der Waals surface area contributed by atoms with Crippen molar-refractivity contribution in [1.82, 2.24) is 0 Å². The number of carbonyl (C=O) groups excluding carboxylic acids is 2. The van der Waals surface area contributed by atoms with Crippen LogP contribution in [0.4, 0.5) is 11.4 Å². The van der Waals surface area contributed by atoms with Crippen LogP contribution in [0.1, 0.15) is 11.1 Å². The number of rotatable bonds is 7. The van der Waals surface area contributed by atoms with Gasteiger partial charge in [0.1, 0.15) is 0 Å². The minimum atomic E-state index is -0.559. The van der Waals surface area contributed by atoms with E-state index in [1.54, 1.807) is 6.92 Å². The number of amides is 1. The van der Waals surface area contributed by atoms with Crippen LogP contribution in [0.25, 0.3) is 0 Å². The quantitative estimate of drug-likeness (QED) is 0.291. The number of nitrogens with zero attached hydrogens (tertiary/aromatic N) is 1. The first-order chi connectivity index (χ1) is 12.8. The van der Waals surface area contributed by atoms with E-state index in [2.05, 4.69) is 21.2 Å². The van der Waals surface area contributed by atoms with Crippen LogP contribution in [0.15, 0.2) is 45.8 Å². The van der Waals surface area contributed by atoms with Gasteiger partial charge in [-0.2, -0.15) is 0 Å². The lowest BCUT2D eigenvalue weighted by Crippen LogP contribution is -2.22. The topological polar surface area (TPSA) is 98.5 Å². The van der Waals surface area contributed by atoms with Crippen molar-refractivity contribution in [2.24, 2.45) is 0 Å². The highest BCUT2D eigenvalue weighted by Crippen LogP contribution is 2.25. The molecule has 0 saturated carbocycles. The van der Waals surface area contributed by atoms with Gasteiger partial charge in [0.05, 0.1) is 16.4 Å². The maximum absolute atomic E-state index is 11.9. The smallest absolute Gasteiger partial charge is 0.316 e. The van der Waals surface area contributed by atoms with Gasteiger partial charge in [-0.15, -0.1) is 11.8 Å². The Kier molecular flexibility index (Phi) is 7.37. The number of esters is 1. The number of hydrogen-bond donors (Lipinski definition) is 1. The van der Waals surface area contributed by atoms with E-state index in [1.807, 2.05) is 25.1 Å². The Balaban J connectivity index is 1.84. The molecule has 0 aliphatic carbocycles. The zero-order valence-corrected chi connectivity index (χ0v) is 17.1. The van der Waals surface area contributed by atoms with Crippen LogP contribution in [-0.4, -0.2) is 29.2 Å². The van der Waals surface area contributed by atoms with Gasteiger partial charge < -0.3 is 10.1 Å². The Hall–Kier alpha value is -2.39. The molecule has 0 atom stereocenters. The molecule has 27 heavy (non-hydrogen) atoms. The summed E-state index contributed by atoms with van der Waals surface area (Å²) in [6.07, 6.45) is 0. The molecule has 1 N–H and O–H groups in total. The summed E-state index contributed by atoms with van der Waals surface area (Å²) in [6, 6.07) is 9.89. The monoisotopic (exact) mass is 452 g/mol. The van der Waals surface area contributed by atoms with Crippen LogP contribution >= 0.6 is 27.7 Å². The maximum Gasteiger partial charge on any atom is 0.316 e. The highest BCUT2D eigenvalue weighted by Gasteiger charge is 2.13. The van der Waals surface area contributed by atoms with E-state index < -0.39 is 23.4 Å². The molecule has 0 aliphatic rings. The molecule has 0 unspecified atom stereocenters. The van der Waals surface area contributed by atoms with Crippen molar-refractivity contribution in [2.45, 2.75) is 18.7 Å². The fourth-order valence-corrected chi connectivity index (χ4v) is 3.43. The molecule has 0 heterocycles. The molecule has 142 valence electrons. The van der Waals surface area contributed by atoms with Crippen molar-refractivity contribution in [2.75, 3.05) is 17.7 Å². The maximum atomic E-state index is 11.9. The number of nitrogens with one attached hydrogen (secondary N) is 1. The first-order valence-electron chi connectivity index (χ1n) is 7.85. The van der Waals surface area contributed by atoms with Gasteiger partial charge in [0.2, 0.25) is 0 Å². The number of nitro groups is 1. The molecule has 0 aromatic heterocycles. The van der Waals surface area contributed by atoms with Crippen molar-refractivity contribution < 1.29 is 19.2 Å². The van der Waals surface area contributed by atoms with Crippen LogP contribution in [0.5, 0.6) is 0 Å². The second kappa shape index (κ2) is 9.52. The number of aryl methyl sites for hydroxylation is 2. The summed E-state index contributed by atoms with van der Waals surface area (Å²) in [7, 11) is 0. The number of ether oxygens (including phenoxy) is 1. The lowest BCUT2D eigenvalue weighted by Gasteiger charge is -2.09. The molecule has 2 aromatic rings. The Morgan fingerprint density at radius 3 is 2.59 bits per heavy atom. The molecule has 7 nitrogen and oxygen atoms in total. The van der Waals surface area contributed by atoms with Crippen LogP contribution in [0, 0.1) is 24.0 Å². The van der Waals surface area contributed by atoms with Gasteiger partial charge in [-0.25, -0.2) is 0 Å². The summed E-state index contributed by atoms with van der Waals surface area (Å²) in [5, 5.41) is 13.3. The van der Waals surface area contributed by atoms with Crippen molar-refractivity contribution in [3.05, 3.63) is 62.1 Å². The second-order valence-electron chi connectivity index (χ2n) is 5.66. The van der Waals surface area contributed by atoms with Crippen molar-refractivity contribution in [1.29, 1.82) is 0 Å². The third-order valence-electron chi connectivity index (χ3n) is 3.55. The number of anilines is 1. The number of hydrogen-bond acceptors (Lipinski definition) is 6. The molecule has 9 heteroatoms. The number of benzene rings is 2. The SMILES string of the molecule is Cc1ccc([N+](=O)[O-])cc1NC(=O)COC(=O)CSc1ccc(Br)cc1C. The molecule has 0 spiro atoms. The fourth-order valence-electron chi connectivity index (χ4n) is 2.14. The number of carbonyl (C=O) groups is 2. The normalized spacial score (nSPS) is 10.3.